The number of amides is 2. The Morgan fingerprint density at radius 1 is 0.875 bits per heavy atom. The Balaban J connectivity index is 0.00000370. The minimum absolute atomic E-state index is 0. The van der Waals surface area contributed by atoms with E-state index in [0.717, 1.165) is 38.5 Å². The first kappa shape index (κ1) is 32.5. The number of aliphatic hydroxyl groups is 1. The number of nitrogens with zero attached hydrogens (tertiary/aromatic N) is 1. The van der Waals surface area contributed by atoms with Crippen LogP contribution in [0.15, 0.2) is 0 Å². The largest absolute Gasteiger partial charge is 0.396 e. The molecule has 12 unspecified atom stereocenters. The number of aliphatic hydroxyl groups excluding tert-OH is 1. The van der Waals surface area contributed by atoms with E-state index in [-0.39, 0.29) is 92.6 Å². The van der Waals surface area contributed by atoms with Crippen LogP contribution >= 0.6 is 0 Å². The van der Waals surface area contributed by atoms with E-state index >= 15 is 0 Å². The minimum atomic E-state index is -0.394. The molecule has 1 N–H and O–H groups in total. The summed E-state index contributed by atoms with van der Waals surface area (Å²) < 4.78 is 0. The number of carbonyl (C=O) groups excluding carboxylic acids is 4. The van der Waals surface area contributed by atoms with Gasteiger partial charge in [0.1, 0.15) is 11.6 Å². The van der Waals surface area contributed by atoms with Crippen molar-refractivity contribution in [1.82, 2.24) is 4.90 Å². The van der Waals surface area contributed by atoms with Crippen molar-refractivity contribution in [1.29, 1.82) is 0 Å². The van der Waals surface area contributed by atoms with Crippen LogP contribution in [0.4, 0.5) is 0 Å². The van der Waals surface area contributed by atoms with Gasteiger partial charge in [-0.25, -0.2) is 0 Å². The molecule has 0 aromatic rings. The van der Waals surface area contributed by atoms with Crippen LogP contribution in [0.3, 0.4) is 0 Å². The van der Waals surface area contributed by atoms with Gasteiger partial charge < -0.3 is 5.11 Å². The third-order valence-corrected chi connectivity index (χ3v) is 12.2. The Kier molecular flexibility index (Phi) is 9.96. The Labute approximate surface area is 266 Å². The van der Waals surface area contributed by atoms with Crippen molar-refractivity contribution < 1.29 is 57.0 Å². The molecule has 1 saturated heterocycles. The summed E-state index contributed by atoms with van der Waals surface area (Å²) in [7, 11) is 0. The summed E-state index contributed by atoms with van der Waals surface area (Å²) in [5.74, 6) is 2.68. The summed E-state index contributed by atoms with van der Waals surface area (Å²) in [4.78, 5) is 55.5. The Morgan fingerprint density at radius 3 is 2.02 bits per heavy atom. The number of fused-ring (bicyclic) bond motifs is 7. The van der Waals surface area contributed by atoms with Gasteiger partial charge in [0.25, 0.3) is 0 Å². The fourth-order valence-electron chi connectivity index (χ4n) is 10.7. The molecule has 40 heavy (non-hydrogen) atoms. The predicted octanol–water partition coefficient (Wildman–Crippen LogP) is 5.16. The van der Waals surface area contributed by atoms with Gasteiger partial charge in [0.15, 0.2) is 0 Å². The van der Waals surface area contributed by atoms with Crippen LogP contribution in [-0.2, 0) is 51.9 Å². The number of likely N-dealkylation sites (tertiary alicyclic amines) is 1. The first-order valence-corrected chi connectivity index (χ1v) is 15.9. The number of rotatable bonds is 8. The van der Waals surface area contributed by atoms with Gasteiger partial charge in [0.05, 0.1) is 5.92 Å². The van der Waals surface area contributed by atoms with E-state index in [2.05, 4.69) is 6.92 Å². The van der Waals surface area contributed by atoms with Crippen molar-refractivity contribution in [2.24, 2.45) is 76.4 Å². The van der Waals surface area contributed by atoms with Crippen LogP contribution in [0, 0.1) is 76.4 Å². The van der Waals surface area contributed by atoms with Gasteiger partial charge in [-0.05, 0) is 99.2 Å². The van der Waals surface area contributed by atoms with Gasteiger partial charge >= 0.3 is 0 Å². The molecule has 0 aromatic heterocycles. The van der Waals surface area contributed by atoms with E-state index in [1.165, 1.54) is 4.90 Å². The van der Waals surface area contributed by atoms with E-state index in [1.54, 1.807) is 0 Å². The van der Waals surface area contributed by atoms with E-state index in [9.17, 15) is 24.3 Å². The second kappa shape index (κ2) is 12.3. The van der Waals surface area contributed by atoms with Gasteiger partial charge in [-0.2, -0.15) is 0 Å². The van der Waals surface area contributed by atoms with Gasteiger partial charge in [-0.3, -0.25) is 24.1 Å². The molecule has 6 nitrogen and oxygen atoms in total. The zero-order valence-corrected chi connectivity index (χ0v) is 28.4. The molecule has 1 aliphatic heterocycles. The molecule has 1 radical (unpaired) electrons. The molecule has 4 bridgehead atoms. The number of hydrogen-bond acceptors (Lipinski definition) is 5. The molecule has 7 rings (SSSR count). The smallest absolute Gasteiger partial charge is 0.233 e. The van der Waals surface area contributed by atoms with E-state index in [4.69, 9.17) is 0 Å². The van der Waals surface area contributed by atoms with Gasteiger partial charge in [0, 0.05) is 75.5 Å². The number of ketones is 2. The van der Waals surface area contributed by atoms with E-state index < -0.39 is 5.41 Å². The fourth-order valence-corrected chi connectivity index (χ4v) is 10.7. The van der Waals surface area contributed by atoms with Crippen LogP contribution in [0.25, 0.3) is 0 Å². The molecule has 6 aliphatic carbocycles. The first-order valence-electron chi connectivity index (χ1n) is 15.9. The summed E-state index contributed by atoms with van der Waals surface area (Å²) in [5, 5.41) is 9.29. The van der Waals surface area contributed by atoms with Crippen LogP contribution in [0.2, 0.25) is 0 Å². The number of Topliss-reactive ketones (excluding diaryl/α,β-unsaturated/α-hetero) is 2. The van der Waals surface area contributed by atoms with Gasteiger partial charge in [-0.15, -0.1) is 0 Å². The van der Waals surface area contributed by atoms with Crippen LogP contribution < -0.4 is 0 Å². The van der Waals surface area contributed by atoms with Crippen LogP contribution in [-0.4, -0.2) is 46.5 Å². The fraction of sp³-hybridized carbons (Fsp3) is 0.879. The average Bonchev–Trinajstić information content (AvgIpc) is 3.13. The number of hydrogen-bond donors (Lipinski definition) is 1. The second-order valence-corrected chi connectivity index (χ2v) is 14.9. The minimum Gasteiger partial charge on any atom is -0.396 e. The topological polar surface area (TPSA) is 91.8 Å². The van der Waals surface area contributed by atoms with Gasteiger partial charge in [-0.1, -0.05) is 34.6 Å². The van der Waals surface area contributed by atoms with Crippen molar-refractivity contribution in [3.63, 3.8) is 0 Å². The Bertz CT molecular complexity index is 1000. The maximum atomic E-state index is 13.8. The quantitative estimate of drug-likeness (QED) is 0.375. The molecule has 7 aliphatic rings. The molecule has 1 heterocycles. The third-order valence-electron chi connectivity index (χ3n) is 12.2. The Hall–Kier alpha value is -0.456. The van der Waals surface area contributed by atoms with Crippen molar-refractivity contribution in [2.75, 3.05) is 13.2 Å². The normalized spacial score (nSPS) is 42.7. The molecule has 0 spiro atoms. The maximum absolute atomic E-state index is 13.8. The molecular weight excluding hydrogens is 579 g/mol. The van der Waals surface area contributed by atoms with Crippen molar-refractivity contribution in [3.8, 4) is 0 Å². The van der Waals surface area contributed by atoms with Crippen LogP contribution in [0.1, 0.15) is 92.9 Å². The second-order valence-electron chi connectivity index (χ2n) is 14.9. The predicted molar refractivity (Wildman–Crippen MR) is 149 cm³/mol. The summed E-state index contributed by atoms with van der Waals surface area (Å²) >= 11 is 0. The number of carbonyl (C=O) groups is 4. The monoisotopic (exact) mass is 630 g/mol. The summed E-state index contributed by atoms with van der Waals surface area (Å²) in [5.41, 5.74) is -0.394. The molecule has 0 aromatic carbocycles. The molecule has 2 amide bonds. The molecular formula is C33H51NO5Y. The van der Waals surface area contributed by atoms with Crippen molar-refractivity contribution in [2.45, 2.75) is 92.9 Å². The van der Waals surface area contributed by atoms with Crippen molar-refractivity contribution >= 4 is 23.4 Å². The molecule has 221 valence electrons. The zero-order valence-electron chi connectivity index (χ0n) is 25.6. The standard InChI is InChI=1S/C33H51NO5.Y/c1-7-34-31(38)18(3)27(32(34)39)28-20-11-13-22(24(16-20)30(37)33(4,5)6)29(28)26-17(2)21-12-10-19(26)15-23(21)25(36)9-8-14-35;/h17-24,26-29,35H,7-16H2,1-6H3;. The molecule has 7 heteroatoms. The first-order chi connectivity index (χ1) is 18.4. The molecule has 12 atom stereocenters. The number of imide groups is 1. The molecule has 7 fully saturated rings. The maximum Gasteiger partial charge on any atom is 0.233 e. The average molecular weight is 631 g/mol. The van der Waals surface area contributed by atoms with Crippen molar-refractivity contribution in [3.05, 3.63) is 0 Å². The summed E-state index contributed by atoms with van der Waals surface area (Å²) in [6.45, 7) is 12.8. The third kappa shape index (κ3) is 5.27. The summed E-state index contributed by atoms with van der Waals surface area (Å²) in [6, 6.07) is 0. The summed E-state index contributed by atoms with van der Waals surface area (Å²) in [6.07, 6.45) is 7.06. The Morgan fingerprint density at radius 2 is 1.48 bits per heavy atom. The molecule has 6 saturated carbocycles. The zero-order chi connectivity index (χ0) is 28.4. The van der Waals surface area contributed by atoms with Crippen LogP contribution in [0.5, 0.6) is 0 Å². The SMILES string of the molecule is CCN1C(=O)C(C)C(C2C3CCC(C(C(=O)C(C)(C)C)C3)C2C2C3CCC(C(C(=O)CCCO)C3)C2C)C1=O.[Y]. The van der Waals surface area contributed by atoms with E-state index in [1.807, 2.05) is 34.6 Å². The van der Waals surface area contributed by atoms with Gasteiger partial charge in [0.2, 0.25) is 11.8 Å². The van der Waals surface area contributed by atoms with E-state index in [0.29, 0.717) is 60.5 Å².